The second-order valence-corrected chi connectivity index (χ2v) is 10.5. The van der Waals surface area contributed by atoms with E-state index in [1.54, 1.807) is 12.1 Å². The van der Waals surface area contributed by atoms with E-state index in [1.165, 1.54) is 42.7 Å². The zero-order chi connectivity index (χ0) is 20.5. The first kappa shape index (κ1) is 20.4. The molecule has 1 saturated heterocycles. The van der Waals surface area contributed by atoms with Crippen LogP contribution in [0.5, 0.6) is 0 Å². The monoisotopic (exact) mass is 428 g/mol. The number of nitrogens with zero attached hydrogens (tertiary/aromatic N) is 2. The van der Waals surface area contributed by atoms with Crippen LogP contribution >= 0.6 is 0 Å². The molecule has 1 aromatic carbocycles. The number of carbonyl (C=O) groups excluding carboxylic acids is 1. The summed E-state index contributed by atoms with van der Waals surface area (Å²) >= 11 is 0. The fourth-order valence-corrected chi connectivity index (χ4v) is 5.04. The zero-order valence-electron chi connectivity index (χ0n) is 15.4. The summed E-state index contributed by atoms with van der Waals surface area (Å²) in [6.45, 7) is 0.187. The second-order valence-electron chi connectivity index (χ2n) is 6.37. The van der Waals surface area contributed by atoms with E-state index in [2.05, 4.69) is 0 Å². The Labute approximate surface area is 163 Å². The van der Waals surface area contributed by atoms with Crippen molar-refractivity contribution < 1.29 is 30.8 Å². The zero-order valence-corrected chi connectivity index (χ0v) is 17.0. The summed E-state index contributed by atoms with van der Waals surface area (Å²) in [5, 5.41) is -0.236. The third kappa shape index (κ3) is 4.05. The van der Waals surface area contributed by atoms with Crippen LogP contribution in [0.15, 0.2) is 45.9 Å². The van der Waals surface area contributed by atoms with Gasteiger partial charge in [-0.15, -0.1) is 0 Å². The van der Waals surface area contributed by atoms with Crippen molar-refractivity contribution >= 4 is 31.7 Å². The number of ether oxygens (including phenoxy) is 1. The Morgan fingerprint density at radius 1 is 1.18 bits per heavy atom. The quantitative estimate of drug-likeness (QED) is 0.639. The number of sulfonamides is 2. The van der Waals surface area contributed by atoms with E-state index in [9.17, 15) is 21.6 Å². The summed E-state index contributed by atoms with van der Waals surface area (Å²) in [7, 11) is -4.21. The molecule has 9 nitrogen and oxygen atoms in total. The Morgan fingerprint density at radius 3 is 2.43 bits per heavy atom. The van der Waals surface area contributed by atoms with Gasteiger partial charge in [-0.05, 0) is 42.8 Å². The number of anilines is 1. The van der Waals surface area contributed by atoms with E-state index in [-0.39, 0.29) is 28.8 Å². The van der Waals surface area contributed by atoms with Crippen molar-refractivity contribution in [3.63, 3.8) is 0 Å². The van der Waals surface area contributed by atoms with Crippen molar-refractivity contribution in [2.24, 2.45) is 0 Å². The average molecular weight is 428 g/mol. The van der Waals surface area contributed by atoms with Gasteiger partial charge in [0.05, 0.1) is 17.0 Å². The summed E-state index contributed by atoms with van der Waals surface area (Å²) in [5.41, 5.74) is 0.742. The first-order valence-electron chi connectivity index (χ1n) is 8.40. The fraction of sp³-hybridized carbons (Fsp3) is 0.353. The lowest BCUT2D eigenvalue weighted by Crippen LogP contribution is -2.25. The highest BCUT2D eigenvalue weighted by molar-refractivity contribution is 7.93. The summed E-state index contributed by atoms with van der Waals surface area (Å²) in [6, 6.07) is 8.78. The van der Waals surface area contributed by atoms with Crippen molar-refractivity contribution in [3.8, 4) is 0 Å². The molecule has 152 valence electrons. The van der Waals surface area contributed by atoms with E-state index in [0.717, 1.165) is 4.31 Å². The number of rotatable bonds is 6. The summed E-state index contributed by atoms with van der Waals surface area (Å²) in [5.74, 6) is -0.330. The molecule has 28 heavy (non-hydrogen) atoms. The van der Waals surface area contributed by atoms with Crippen LogP contribution in [0.3, 0.4) is 0 Å². The number of furan rings is 1. The lowest BCUT2D eigenvalue weighted by Gasteiger charge is -2.16. The van der Waals surface area contributed by atoms with Gasteiger partial charge in [-0.3, -0.25) is 4.31 Å². The van der Waals surface area contributed by atoms with Crippen molar-refractivity contribution in [3.05, 3.63) is 47.7 Å². The molecule has 1 aromatic heterocycles. The third-order valence-corrected chi connectivity index (χ3v) is 7.77. The molecule has 0 bridgehead atoms. The van der Waals surface area contributed by atoms with Gasteiger partial charge in [0, 0.05) is 20.6 Å². The van der Waals surface area contributed by atoms with Crippen LogP contribution in [0, 0.1) is 0 Å². The molecule has 0 radical (unpaired) electrons. The number of hydrogen-bond donors (Lipinski definition) is 0. The van der Waals surface area contributed by atoms with Gasteiger partial charge in [-0.1, -0.05) is 0 Å². The topological polar surface area (TPSA) is 114 Å². The van der Waals surface area contributed by atoms with Gasteiger partial charge >= 0.3 is 5.97 Å². The van der Waals surface area contributed by atoms with Crippen molar-refractivity contribution in [1.29, 1.82) is 0 Å². The Hall–Kier alpha value is -2.37. The largest absolute Gasteiger partial charge is 0.454 e. The van der Waals surface area contributed by atoms with Crippen LogP contribution in [0.2, 0.25) is 0 Å². The molecule has 11 heteroatoms. The Morgan fingerprint density at radius 2 is 1.86 bits per heavy atom. The first-order chi connectivity index (χ1) is 13.1. The fourth-order valence-electron chi connectivity index (χ4n) is 2.67. The van der Waals surface area contributed by atoms with Gasteiger partial charge in [-0.25, -0.2) is 25.9 Å². The van der Waals surface area contributed by atoms with E-state index < -0.39 is 26.0 Å². The molecule has 2 aromatic rings. The highest BCUT2D eigenvalue weighted by Crippen LogP contribution is 2.24. The lowest BCUT2D eigenvalue weighted by atomic mass is 10.2. The van der Waals surface area contributed by atoms with Crippen LogP contribution in [0.1, 0.15) is 22.5 Å². The number of esters is 1. The Balaban J connectivity index is 1.64. The highest BCUT2D eigenvalue weighted by atomic mass is 32.2. The van der Waals surface area contributed by atoms with Crippen molar-refractivity contribution in [1.82, 2.24) is 4.31 Å². The molecule has 0 atom stereocenters. The molecule has 0 aliphatic carbocycles. The van der Waals surface area contributed by atoms with Gasteiger partial charge in [0.15, 0.2) is 0 Å². The molecule has 1 aliphatic heterocycles. The van der Waals surface area contributed by atoms with E-state index in [0.29, 0.717) is 18.7 Å². The molecule has 3 rings (SSSR count). The van der Waals surface area contributed by atoms with Gasteiger partial charge in [-0.2, -0.15) is 0 Å². The van der Waals surface area contributed by atoms with Crippen molar-refractivity contribution in [2.75, 3.05) is 30.7 Å². The molecular weight excluding hydrogens is 408 g/mol. The predicted octanol–water partition coefficient (Wildman–Crippen LogP) is 1.43. The average Bonchev–Trinajstić information content (AvgIpc) is 3.26. The molecule has 2 heterocycles. The molecular formula is C17H20N2O7S2. The van der Waals surface area contributed by atoms with Crippen LogP contribution in [-0.4, -0.2) is 53.5 Å². The van der Waals surface area contributed by atoms with Gasteiger partial charge in [0.25, 0.3) is 10.0 Å². The van der Waals surface area contributed by atoms with Gasteiger partial charge < -0.3 is 9.15 Å². The normalized spacial score (nSPS) is 16.5. The van der Waals surface area contributed by atoms with E-state index >= 15 is 0 Å². The van der Waals surface area contributed by atoms with Gasteiger partial charge in [0.2, 0.25) is 15.1 Å². The number of benzene rings is 1. The Bertz CT molecular complexity index is 1070. The summed E-state index contributed by atoms with van der Waals surface area (Å²) in [6.07, 6.45) is 0.570. The molecule has 1 aliphatic rings. The Kier molecular flexibility index (Phi) is 5.50. The SMILES string of the molecule is CN(C)S(=O)(=O)c1ccc(COC(=O)c2ccc(N3CCCS3(=O)=O)cc2)o1. The minimum atomic E-state index is -3.70. The van der Waals surface area contributed by atoms with Crippen LogP contribution in [0.25, 0.3) is 0 Å². The standard InChI is InChI=1S/C17H20N2O7S2/c1-18(2)28(23,24)16-9-8-15(26-16)12-25-17(20)13-4-6-14(7-5-13)19-10-3-11-27(19,21)22/h4-9H,3,10-12H2,1-2H3. The van der Waals surface area contributed by atoms with Crippen LogP contribution in [0.4, 0.5) is 5.69 Å². The summed E-state index contributed by atoms with van der Waals surface area (Å²) in [4.78, 5) is 12.2. The molecule has 0 N–H and O–H groups in total. The molecule has 1 fully saturated rings. The minimum Gasteiger partial charge on any atom is -0.454 e. The van der Waals surface area contributed by atoms with Crippen LogP contribution < -0.4 is 4.31 Å². The number of hydrogen-bond acceptors (Lipinski definition) is 7. The maximum Gasteiger partial charge on any atom is 0.338 e. The molecule has 0 amide bonds. The lowest BCUT2D eigenvalue weighted by molar-refractivity contribution is 0.0440. The third-order valence-electron chi connectivity index (χ3n) is 4.21. The van der Waals surface area contributed by atoms with Gasteiger partial charge in [0.1, 0.15) is 12.4 Å². The van der Waals surface area contributed by atoms with E-state index in [4.69, 9.17) is 9.15 Å². The smallest absolute Gasteiger partial charge is 0.338 e. The minimum absolute atomic E-state index is 0.117. The molecule has 0 spiro atoms. The maximum absolute atomic E-state index is 12.2. The van der Waals surface area contributed by atoms with Crippen LogP contribution in [-0.2, 0) is 31.4 Å². The number of carbonyl (C=O) groups is 1. The second kappa shape index (κ2) is 7.57. The molecule has 0 saturated carbocycles. The van der Waals surface area contributed by atoms with Crippen molar-refractivity contribution in [2.45, 2.75) is 18.1 Å². The predicted molar refractivity (Wildman–Crippen MR) is 101 cm³/mol. The van der Waals surface area contributed by atoms with E-state index in [1.807, 2.05) is 0 Å². The summed E-state index contributed by atoms with van der Waals surface area (Å²) < 4.78 is 60.5. The first-order valence-corrected chi connectivity index (χ1v) is 11.4. The highest BCUT2D eigenvalue weighted by Gasteiger charge is 2.28. The molecule has 0 unspecified atom stereocenters. The maximum atomic E-state index is 12.2.